The normalized spacial score (nSPS) is 11.0. The van der Waals surface area contributed by atoms with E-state index >= 15 is 0 Å². The van der Waals surface area contributed by atoms with E-state index in [1.807, 2.05) is 68.5 Å². The van der Waals surface area contributed by atoms with Gasteiger partial charge in [0, 0.05) is 6.21 Å². The Balaban J connectivity index is 1.76. The number of rotatable bonds is 6. The van der Waals surface area contributed by atoms with Crippen LogP contribution in [0.1, 0.15) is 16.7 Å². The molecular formula is C19H20N2O2. The topological polar surface area (TPSA) is 50.7 Å². The summed E-state index contributed by atoms with van der Waals surface area (Å²) in [6, 6.07) is 15.6. The van der Waals surface area contributed by atoms with Crippen LogP contribution in [0.3, 0.4) is 0 Å². The quantitative estimate of drug-likeness (QED) is 0.656. The van der Waals surface area contributed by atoms with E-state index in [1.165, 1.54) is 6.21 Å². The van der Waals surface area contributed by atoms with Crippen LogP contribution in [0, 0.1) is 13.8 Å². The molecule has 4 heteroatoms. The fourth-order valence-electron chi connectivity index (χ4n) is 1.93. The maximum atomic E-state index is 11.7. The third-order valence-electron chi connectivity index (χ3n) is 3.35. The second kappa shape index (κ2) is 8.54. The Labute approximate surface area is 136 Å². The molecule has 0 unspecified atom stereocenters. The molecule has 4 nitrogen and oxygen atoms in total. The summed E-state index contributed by atoms with van der Waals surface area (Å²) < 4.78 is 5.50. The van der Waals surface area contributed by atoms with E-state index in [0.29, 0.717) is 5.75 Å². The lowest BCUT2D eigenvalue weighted by Crippen LogP contribution is -2.24. The molecule has 2 aromatic carbocycles. The Morgan fingerprint density at radius 2 is 1.91 bits per heavy atom. The molecule has 0 aliphatic rings. The molecule has 2 rings (SSSR count). The van der Waals surface area contributed by atoms with E-state index in [4.69, 9.17) is 4.74 Å². The summed E-state index contributed by atoms with van der Waals surface area (Å²) in [6.45, 7) is 3.91. The van der Waals surface area contributed by atoms with Gasteiger partial charge in [-0.25, -0.2) is 5.43 Å². The van der Waals surface area contributed by atoms with Crippen LogP contribution in [0.5, 0.6) is 5.75 Å². The van der Waals surface area contributed by atoms with Crippen LogP contribution < -0.4 is 10.2 Å². The zero-order valence-corrected chi connectivity index (χ0v) is 13.3. The summed E-state index contributed by atoms with van der Waals surface area (Å²) in [5, 5.41) is 3.85. The van der Waals surface area contributed by atoms with E-state index in [1.54, 1.807) is 6.08 Å². The molecule has 0 bridgehead atoms. The van der Waals surface area contributed by atoms with Crippen LogP contribution in [0.4, 0.5) is 0 Å². The van der Waals surface area contributed by atoms with Gasteiger partial charge in [0.2, 0.25) is 0 Å². The molecule has 0 atom stereocenters. The highest BCUT2D eigenvalue weighted by molar-refractivity contribution is 5.82. The van der Waals surface area contributed by atoms with Crippen molar-refractivity contribution in [3.63, 3.8) is 0 Å². The van der Waals surface area contributed by atoms with Gasteiger partial charge < -0.3 is 4.74 Å². The van der Waals surface area contributed by atoms with Crippen molar-refractivity contribution in [1.29, 1.82) is 0 Å². The first-order valence-electron chi connectivity index (χ1n) is 7.39. The molecule has 2 aromatic rings. The highest BCUT2D eigenvalue weighted by atomic mass is 16.5. The van der Waals surface area contributed by atoms with Crippen molar-refractivity contribution in [2.45, 2.75) is 13.8 Å². The zero-order valence-electron chi connectivity index (χ0n) is 13.3. The van der Waals surface area contributed by atoms with Crippen molar-refractivity contribution in [1.82, 2.24) is 5.43 Å². The van der Waals surface area contributed by atoms with Crippen LogP contribution in [0.15, 0.2) is 59.7 Å². The molecule has 1 amide bonds. The standard InChI is InChI=1S/C19H20N2O2/c1-15-8-6-12-18(16(15)2)23-14-19(22)21-20-13-7-11-17-9-4-3-5-10-17/h3-13H,14H2,1-2H3,(H,21,22)/b11-7+,20-13-. The molecule has 0 saturated heterocycles. The third-order valence-corrected chi connectivity index (χ3v) is 3.35. The van der Waals surface area contributed by atoms with Gasteiger partial charge in [0.05, 0.1) is 0 Å². The van der Waals surface area contributed by atoms with Crippen LogP contribution in [-0.2, 0) is 4.79 Å². The van der Waals surface area contributed by atoms with Crippen molar-refractivity contribution < 1.29 is 9.53 Å². The van der Waals surface area contributed by atoms with Crippen LogP contribution >= 0.6 is 0 Å². The number of hydrazone groups is 1. The summed E-state index contributed by atoms with van der Waals surface area (Å²) >= 11 is 0. The summed E-state index contributed by atoms with van der Waals surface area (Å²) in [5.41, 5.74) is 5.67. The number of aryl methyl sites for hydroxylation is 1. The Morgan fingerprint density at radius 1 is 1.13 bits per heavy atom. The number of nitrogens with one attached hydrogen (secondary N) is 1. The summed E-state index contributed by atoms with van der Waals surface area (Å²) in [4.78, 5) is 11.7. The predicted octanol–water partition coefficient (Wildman–Crippen LogP) is 3.50. The van der Waals surface area contributed by atoms with Crippen LogP contribution in [0.25, 0.3) is 6.08 Å². The van der Waals surface area contributed by atoms with Crippen molar-refractivity contribution in [3.05, 3.63) is 71.3 Å². The lowest BCUT2D eigenvalue weighted by Gasteiger charge is -2.09. The highest BCUT2D eigenvalue weighted by Gasteiger charge is 2.04. The molecule has 0 aliphatic carbocycles. The first-order valence-corrected chi connectivity index (χ1v) is 7.39. The number of carbonyl (C=O) groups excluding carboxylic acids is 1. The number of ether oxygens (including phenoxy) is 1. The molecule has 0 spiro atoms. The van der Waals surface area contributed by atoms with Gasteiger partial charge in [-0.2, -0.15) is 5.10 Å². The summed E-state index contributed by atoms with van der Waals surface area (Å²) in [6.07, 6.45) is 5.20. The number of allylic oxidation sites excluding steroid dienone is 1. The van der Waals surface area contributed by atoms with E-state index in [-0.39, 0.29) is 12.5 Å². The van der Waals surface area contributed by atoms with Crippen molar-refractivity contribution >= 4 is 18.2 Å². The number of benzene rings is 2. The first-order chi connectivity index (χ1) is 11.2. The Morgan fingerprint density at radius 3 is 2.70 bits per heavy atom. The van der Waals surface area contributed by atoms with E-state index < -0.39 is 0 Å². The lowest BCUT2D eigenvalue weighted by atomic mass is 10.1. The largest absolute Gasteiger partial charge is 0.483 e. The Bertz CT molecular complexity index is 707. The summed E-state index contributed by atoms with van der Waals surface area (Å²) in [7, 11) is 0. The number of nitrogens with zero attached hydrogens (tertiary/aromatic N) is 1. The third kappa shape index (κ3) is 5.43. The van der Waals surface area contributed by atoms with Crippen molar-refractivity contribution in [3.8, 4) is 5.75 Å². The van der Waals surface area contributed by atoms with Gasteiger partial charge in [-0.15, -0.1) is 0 Å². The minimum Gasteiger partial charge on any atom is -0.483 e. The van der Waals surface area contributed by atoms with Gasteiger partial charge in [-0.05, 0) is 42.7 Å². The molecule has 1 N–H and O–H groups in total. The molecule has 0 heterocycles. The second-order valence-corrected chi connectivity index (χ2v) is 5.07. The molecule has 0 radical (unpaired) electrons. The minimum atomic E-state index is -0.296. The number of amides is 1. The van der Waals surface area contributed by atoms with Crippen molar-refractivity contribution in [2.75, 3.05) is 6.61 Å². The van der Waals surface area contributed by atoms with E-state index in [0.717, 1.165) is 16.7 Å². The summed E-state index contributed by atoms with van der Waals surface area (Å²) in [5.74, 6) is 0.420. The number of hydrogen-bond acceptors (Lipinski definition) is 3. The van der Waals surface area contributed by atoms with Gasteiger partial charge in [-0.1, -0.05) is 48.5 Å². The predicted molar refractivity (Wildman–Crippen MR) is 93.5 cm³/mol. The SMILES string of the molecule is Cc1cccc(OCC(=O)N/N=C\C=C\c2ccccc2)c1C. The first kappa shape index (κ1) is 16.5. The smallest absolute Gasteiger partial charge is 0.277 e. The van der Waals surface area contributed by atoms with E-state index in [2.05, 4.69) is 10.5 Å². The fraction of sp³-hybridized carbons (Fsp3) is 0.158. The van der Waals surface area contributed by atoms with Gasteiger partial charge in [-0.3, -0.25) is 4.79 Å². The highest BCUT2D eigenvalue weighted by Crippen LogP contribution is 2.20. The minimum absolute atomic E-state index is 0.0654. The molecule has 0 aliphatic heterocycles. The van der Waals surface area contributed by atoms with Gasteiger partial charge in [0.25, 0.3) is 5.91 Å². The number of hydrogen-bond donors (Lipinski definition) is 1. The maximum Gasteiger partial charge on any atom is 0.277 e. The van der Waals surface area contributed by atoms with Crippen molar-refractivity contribution in [2.24, 2.45) is 5.10 Å². The maximum absolute atomic E-state index is 11.7. The molecule has 23 heavy (non-hydrogen) atoms. The zero-order chi connectivity index (χ0) is 16.5. The van der Waals surface area contributed by atoms with Gasteiger partial charge in [0.1, 0.15) is 5.75 Å². The monoisotopic (exact) mass is 308 g/mol. The Kier molecular flexibility index (Phi) is 6.12. The van der Waals surface area contributed by atoms with Crippen LogP contribution in [0.2, 0.25) is 0 Å². The van der Waals surface area contributed by atoms with Gasteiger partial charge in [0.15, 0.2) is 6.61 Å². The average Bonchev–Trinajstić information content (AvgIpc) is 2.57. The second-order valence-electron chi connectivity index (χ2n) is 5.07. The molecule has 0 fully saturated rings. The number of carbonyl (C=O) groups is 1. The molecule has 0 aromatic heterocycles. The lowest BCUT2D eigenvalue weighted by molar-refractivity contribution is -0.123. The average molecular weight is 308 g/mol. The van der Waals surface area contributed by atoms with Crippen LogP contribution in [-0.4, -0.2) is 18.7 Å². The van der Waals surface area contributed by atoms with E-state index in [9.17, 15) is 4.79 Å². The molecular weight excluding hydrogens is 288 g/mol. The molecule has 0 saturated carbocycles. The Hall–Kier alpha value is -2.88. The van der Waals surface area contributed by atoms with Gasteiger partial charge >= 0.3 is 0 Å². The fourth-order valence-corrected chi connectivity index (χ4v) is 1.93. The molecule has 118 valence electrons.